The van der Waals surface area contributed by atoms with Gasteiger partial charge in [0.2, 0.25) is 0 Å². The molecule has 1 unspecified atom stereocenters. The fourth-order valence-corrected chi connectivity index (χ4v) is 7.61. The summed E-state index contributed by atoms with van der Waals surface area (Å²) >= 11 is 0. The van der Waals surface area contributed by atoms with Crippen molar-refractivity contribution < 1.29 is 23.4 Å². The molecule has 0 aromatic heterocycles. The standard InChI is InChI=1S/C37H51NO5Si/c1-13-42-36(39)32-31(35(27-17-15-14-16-18-27)43-44(11,12)37(6,7)8)38(32)30(28-19-23(2)33(40-9)24(3)20-28)29-21-25(4)34(41-10)26(5)22-29/h14-22,30-32,35H,13H2,1-12H3/t31-,32+,35+,38?/m0/s1. The first-order chi connectivity index (χ1) is 20.7. The minimum atomic E-state index is -2.25. The molecule has 1 fully saturated rings. The Hall–Kier alpha value is -3.13. The molecular formula is C37H51NO5Si. The number of benzene rings is 3. The number of aryl methyl sites for hydroxylation is 4. The maximum absolute atomic E-state index is 13.8. The number of ether oxygens (including phenoxy) is 3. The number of hydrogen-bond acceptors (Lipinski definition) is 6. The fraction of sp³-hybridized carbons (Fsp3) is 0.486. The Labute approximate surface area is 265 Å². The van der Waals surface area contributed by atoms with Crippen LogP contribution in [-0.4, -0.2) is 52.1 Å². The molecule has 4 atom stereocenters. The minimum absolute atomic E-state index is 0.00695. The second kappa shape index (κ2) is 13.1. The molecule has 0 bridgehead atoms. The SMILES string of the molecule is CCOC(=O)[C@H]1[C@@H]([C@H](O[Si](C)(C)C(C)(C)C)c2ccccc2)N1C(c1cc(C)c(OC)c(C)c1)c1cc(C)c(OC)c(C)c1. The lowest BCUT2D eigenvalue weighted by molar-refractivity contribution is -0.143. The summed E-state index contributed by atoms with van der Waals surface area (Å²) < 4.78 is 24.4. The highest BCUT2D eigenvalue weighted by Gasteiger charge is 2.62. The molecular weight excluding hydrogens is 566 g/mol. The Morgan fingerprint density at radius 3 is 1.66 bits per heavy atom. The summed E-state index contributed by atoms with van der Waals surface area (Å²) in [5, 5.41) is -0.00695. The van der Waals surface area contributed by atoms with Gasteiger partial charge in [0.1, 0.15) is 17.5 Å². The zero-order chi connectivity index (χ0) is 32.6. The Kier molecular flexibility index (Phi) is 10.0. The molecule has 1 aliphatic rings. The number of rotatable bonds is 11. The van der Waals surface area contributed by atoms with Gasteiger partial charge in [-0.05, 0) is 91.7 Å². The van der Waals surface area contributed by atoms with Crippen LogP contribution >= 0.6 is 0 Å². The smallest absolute Gasteiger partial charge is 0.325 e. The molecule has 6 nitrogen and oxygen atoms in total. The highest BCUT2D eigenvalue weighted by Crippen LogP contribution is 2.52. The lowest BCUT2D eigenvalue weighted by atomic mass is 9.92. The molecule has 1 heterocycles. The van der Waals surface area contributed by atoms with Crippen LogP contribution in [0.5, 0.6) is 11.5 Å². The van der Waals surface area contributed by atoms with Crippen LogP contribution in [0.4, 0.5) is 0 Å². The van der Waals surface area contributed by atoms with Crippen molar-refractivity contribution in [2.75, 3.05) is 20.8 Å². The Balaban J connectivity index is 1.96. The van der Waals surface area contributed by atoms with Crippen LogP contribution in [-0.2, 0) is 14.0 Å². The van der Waals surface area contributed by atoms with E-state index in [1.165, 1.54) is 0 Å². The summed E-state index contributed by atoms with van der Waals surface area (Å²) in [5.41, 5.74) is 7.48. The topological polar surface area (TPSA) is 57.0 Å². The molecule has 3 aromatic carbocycles. The maximum Gasteiger partial charge on any atom is 0.325 e. The van der Waals surface area contributed by atoms with Crippen LogP contribution in [0.1, 0.15) is 78.8 Å². The number of methoxy groups -OCH3 is 2. The third-order valence-electron chi connectivity index (χ3n) is 9.40. The number of esters is 1. The van der Waals surface area contributed by atoms with E-state index in [0.29, 0.717) is 6.61 Å². The van der Waals surface area contributed by atoms with Crippen LogP contribution in [0.15, 0.2) is 54.6 Å². The Morgan fingerprint density at radius 1 is 0.818 bits per heavy atom. The van der Waals surface area contributed by atoms with Crippen molar-refractivity contribution in [2.45, 2.75) is 97.8 Å². The molecule has 0 saturated carbocycles. The molecule has 0 spiro atoms. The Morgan fingerprint density at radius 2 is 1.27 bits per heavy atom. The van der Waals surface area contributed by atoms with Gasteiger partial charge < -0.3 is 18.6 Å². The van der Waals surface area contributed by atoms with Gasteiger partial charge in [-0.2, -0.15) is 0 Å². The second-order valence-corrected chi connectivity index (χ2v) is 18.4. The molecule has 1 saturated heterocycles. The van der Waals surface area contributed by atoms with Crippen molar-refractivity contribution in [3.8, 4) is 11.5 Å². The Bertz CT molecular complexity index is 1370. The van der Waals surface area contributed by atoms with Crippen LogP contribution in [0, 0.1) is 27.7 Å². The number of carbonyl (C=O) groups is 1. The summed E-state index contributed by atoms with van der Waals surface area (Å²) in [6.07, 6.45) is -0.310. The van der Waals surface area contributed by atoms with E-state index in [4.69, 9.17) is 18.6 Å². The van der Waals surface area contributed by atoms with Crippen LogP contribution < -0.4 is 9.47 Å². The number of carbonyl (C=O) groups excluding carboxylic acids is 1. The normalized spacial score (nSPS) is 19.1. The molecule has 7 heteroatoms. The van der Waals surface area contributed by atoms with E-state index in [0.717, 1.165) is 50.4 Å². The minimum Gasteiger partial charge on any atom is -0.496 e. The molecule has 1 aliphatic heterocycles. The lowest BCUT2D eigenvalue weighted by Gasteiger charge is -2.40. The van der Waals surface area contributed by atoms with Gasteiger partial charge >= 0.3 is 5.97 Å². The van der Waals surface area contributed by atoms with Gasteiger partial charge in [0.05, 0.1) is 39.0 Å². The second-order valence-electron chi connectivity index (χ2n) is 13.6. The van der Waals surface area contributed by atoms with Gasteiger partial charge in [0.25, 0.3) is 0 Å². The predicted octanol–water partition coefficient (Wildman–Crippen LogP) is 8.41. The quantitative estimate of drug-likeness (QED) is 0.122. The van der Waals surface area contributed by atoms with Gasteiger partial charge in [-0.15, -0.1) is 0 Å². The van der Waals surface area contributed by atoms with Crippen molar-refractivity contribution >= 4 is 14.3 Å². The van der Waals surface area contributed by atoms with Crippen LogP contribution in [0.25, 0.3) is 0 Å². The van der Waals surface area contributed by atoms with Crippen molar-refractivity contribution in [1.82, 2.24) is 4.90 Å². The average Bonchev–Trinajstić information content (AvgIpc) is 3.66. The van der Waals surface area contributed by atoms with Gasteiger partial charge in [-0.1, -0.05) is 75.4 Å². The van der Waals surface area contributed by atoms with Crippen molar-refractivity contribution in [3.05, 3.63) is 93.5 Å². The van der Waals surface area contributed by atoms with Gasteiger partial charge in [-0.3, -0.25) is 9.69 Å². The molecule has 0 radical (unpaired) electrons. The van der Waals surface area contributed by atoms with Crippen molar-refractivity contribution in [1.29, 1.82) is 0 Å². The maximum atomic E-state index is 13.8. The molecule has 0 amide bonds. The van der Waals surface area contributed by atoms with Crippen LogP contribution in [0.3, 0.4) is 0 Å². The van der Waals surface area contributed by atoms with Gasteiger partial charge in [0, 0.05) is 0 Å². The highest BCUT2D eigenvalue weighted by atomic mass is 28.4. The lowest BCUT2D eigenvalue weighted by Crippen LogP contribution is -2.43. The van der Waals surface area contributed by atoms with Crippen molar-refractivity contribution in [3.63, 3.8) is 0 Å². The monoisotopic (exact) mass is 617 g/mol. The molecule has 238 valence electrons. The van der Waals surface area contributed by atoms with Crippen LogP contribution in [0.2, 0.25) is 18.1 Å². The van der Waals surface area contributed by atoms with E-state index >= 15 is 0 Å². The zero-order valence-corrected chi connectivity index (χ0v) is 29.7. The first-order valence-corrected chi connectivity index (χ1v) is 18.5. The third kappa shape index (κ3) is 6.60. The summed E-state index contributed by atoms with van der Waals surface area (Å²) in [4.78, 5) is 16.1. The van der Waals surface area contributed by atoms with Gasteiger partial charge in [-0.25, -0.2) is 0 Å². The number of nitrogens with zero attached hydrogens (tertiary/aromatic N) is 1. The molecule has 3 aromatic rings. The molecule has 4 rings (SSSR count). The number of hydrogen-bond donors (Lipinski definition) is 0. The van der Waals surface area contributed by atoms with E-state index in [2.05, 4.69) is 103 Å². The fourth-order valence-electron chi connectivity index (χ4n) is 6.35. The summed E-state index contributed by atoms with van der Waals surface area (Å²) in [5.74, 6) is 1.54. The van der Waals surface area contributed by atoms with Crippen molar-refractivity contribution in [2.24, 2.45) is 0 Å². The largest absolute Gasteiger partial charge is 0.496 e. The third-order valence-corrected chi connectivity index (χ3v) is 13.9. The molecule has 0 N–H and O–H groups in total. The van der Waals surface area contributed by atoms with E-state index in [1.807, 2.05) is 25.1 Å². The summed E-state index contributed by atoms with van der Waals surface area (Å²) in [6, 6.07) is 18.2. The molecule has 0 aliphatic carbocycles. The predicted molar refractivity (Wildman–Crippen MR) is 180 cm³/mol. The average molecular weight is 618 g/mol. The first-order valence-electron chi connectivity index (χ1n) is 15.6. The van der Waals surface area contributed by atoms with Gasteiger partial charge in [0.15, 0.2) is 8.32 Å². The zero-order valence-electron chi connectivity index (χ0n) is 28.7. The summed E-state index contributed by atoms with van der Waals surface area (Å²) in [7, 11) is 1.17. The van der Waals surface area contributed by atoms with E-state index in [9.17, 15) is 4.79 Å². The van der Waals surface area contributed by atoms with E-state index in [1.54, 1.807) is 14.2 Å². The summed E-state index contributed by atoms with van der Waals surface area (Å²) in [6.45, 7) is 21.8. The highest BCUT2D eigenvalue weighted by molar-refractivity contribution is 6.74. The molecule has 44 heavy (non-hydrogen) atoms. The van der Waals surface area contributed by atoms with E-state index < -0.39 is 14.4 Å². The first kappa shape index (κ1) is 33.8. The van der Waals surface area contributed by atoms with E-state index in [-0.39, 0.29) is 29.2 Å².